The number of nitrogens with two attached hydrogens (primary N) is 1. The molecule has 0 atom stereocenters. The number of carbonyl (C=O) groups excluding carboxylic acids is 2. The fourth-order valence-electron chi connectivity index (χ4n) is 3.19. The number of ether oxygens (including phenoxy) is 1. The van der Waals surface area contributed by atoms with Gasteiger partial charge in [-0.3, -0.25) is 4.79 Å². The highest BCUT2D eigenvalue weighted by atomic mass is 32.2. The van der Waals surface area contributed by atoms with Crippen molar-refractivity contribution in [2.24, 2.45) is 0 Å². The number of halogens is 3. The van der Waals surface area contributed by atoms with Crippen molar-refractivity contribution in [2.45, 2.75) is 44.0 Å². The number of Topliss-reactive ketones (excluding diaryl/α,β-unsaturated/α-hetero) is 1. The molecule has 0 saturated carbocycles. The van der Waals surface area contributed by atoms with Crippen molar-refractivity contribution in [3.05, 3.63) is 47.5 Å². The van der Waals surface area contributed by atoms with E-state index in [0.29, 0.717) is 4.31 Å². The summed E-state index contributed by atoms with van der Waals surface area (Å²) in [6.45, 7) is 4.35. The van der Waals surface area contributed by atoms with Crippen molar-refractivity contribution in [3.8, 4) is 11.1 Å². The van der Waals surface area contributed by atoms with Crippen molar-refractivity contribution < 1.29 is 35.9 Å². The van der Waals surface area contributed by atoms with E-state index >= 15 is 0 Å². The van der Waals surface area contributed by atoms with Crippen LogP contribution in [0.25, 0.3) is 11.1 Å². The zero-order valence-electron chi connectivity index (χ0n) is 16.8. The summed E-state index contributed by atoms with van der Waals surface area (Å²) in [7, 11) is -4.45. The van der Waals surface area contributed by atoms with Gasteiger partial charge in [0.25, 0.3) is 15.8 Å². The minimum absolute atomic E-state index is 0.0952. The van der Waals surface area contributed by atoms with Gasteiger partial charge in [0.2, 0.25) is 0 Å². The molecule has 0 unspecified atom stereocenters. The number of fused-ring (bicyclic) bond motifs is 1. The van der Waals surface area contributed by atoms with Gasteiger partial charge in [-0.25, -0.2) is 13.2 Å². The van der Waals surface area contributed by atoms with Crippen LogP contribution < -0.4 is 5.73 Å². The third-order valence-corrected chi connectivity index (χ3v) is 6.25. The number of sulfonamides is 1. The number of hydrogen-bond acceptors (Lipinski definition) is 6. The standard InChI is InChI=1S/C20H19F3N2O5S/c1-19(2,3)30-18(27)25-10-11-5-4-6-14(16(11)31(25,28)29)13-8-7-12(24)9-15(13)17(26)20(21,22)23/h4-9H,10,24H2,1-3H3. The van der Waals surface area contributed by atoms with Crippen molar-refractivity contribution in [1.29, 1.82) is 0 Å². The Morgan fingerprint density at radius 1 is 1.06 bits per heavy atom. The second-order valence-electron chi connectivity index (χ2n) is 7.92. The molecule has 31 heavy (non-hydrogen) atoms. The molecular weight excluding hydrogens is 437 g/mol. The fraction of sp³-hybridized carbons (Fsp3) is 0.300. The summed E-state index contributed by atoms with van der Waals surface area (Å²) < 4.78 is 71.3. The predicted octanol–water partition coefficient (Wildman–Crippen LogP) is 4.12. The smallest absolute Gasteiger partial charge is 0.443 e. The minimum Gasteiger partial charge on any atom is -0.443 e. The van der Waals surface area contributed by atoms with Crippen molar-refractivity contribution in [3.63, 3.8) is 0 Å². The van der Waals surface area contributed by atoms with Gasteiger partial charge in [0, 0.05) is 16.8 Å². The fourth-order valence-corrected chi connectivity index (χ4v) is 4.87. The maximum atomic E-state index is 13.1. The average molecular weight is 456 g/mol. The number of ketones is 1. The lowest BCUT2D eigenvalue weighted by Gasteiger charge is -2.23. The molecule has 1 amide bonds. The second-order valence-corrected chi connectivity index (χ2v) is 9.72. The number of rotatable bonds is 2. The van der Waals surface area contributed by atoms with E-state index in [9.17, 15) is 31.2 Å². The zero-order valence-corrected chi connectivity index (χ0v) is 17.6. The zero-order chi connectivity index (χ0) is 23.4. The molecule has 0 aromatic heterocycles. The number of benzene rings is 2. The van der Waals surface area contributed by atoms with Crippen LogP contribution in [-0.4, -0.2) is 36.4 Å². The maximum absolute atomic E-state index is 13.1. The summed E-state index contributed by atoms with van der Waals surface area (Å²) in [6, 6.07) is 7.39. The van der Waals surface area contributed by atoms with Gasteiger partial charge in [0.15, 0.2) is 0 Å². The van der Waals surface area contributed by atoms with E-state index < -0.39 is 39.2 Å². The molecule has 2 N–H and O–H groups in total. The normalized spacial score (nSPS) is 15.5. The van der Waals surface area contributed by atoms with Gasteiger partial charge >= 0.3 is 12.3 Å². The Bertz CT molecular complexity index is 1180. The monoisotopic (exact) mass is 456 g/mol. The average Bonchev–Trinajstić information content (AvgIpc) is 2.90. The highest BCUT2D eigenvalue weighted by Crippen LogP contribution is 2.41. The molecule has 7 nitrogen and oxygen atoms in total. The van der Waals surface area contributed by atoms with Crippen LogP contribution in [0.1, 0.15) is 36.7 Å². The molecule has 166 valence electrons. The number of carbonyl (C=O) groups is 2. The molecule has 0 spiro atoms. The van der Waals surface area contributed by atoms with Crippen molar-refractivity contribution in [2.75, 3.05) is 5.73 Å². The van der Waals surface area contributed by atoms with E-state index in [1.165, 1.54) is 24.3 Å². The Hall–Kier alpha value is -3.08. The van der Waals surface area contributed by atoms with Crippen LogP contribution in [0.15, 0.2) is 41.3 Å². The Balaban J connectivity index is 2.19. The molecule has 0 saturated heterocycles. The van der Waals surface area contributed by atoms with Gasteiger partial charge in [0.1, 0.15) is 10.5 Å². The van der Waals surface area contributed by atoms with Crippen LogP contribution in [0.2, 0.25) is 0 Å². The number of anilines is 1. The first-order valence-corrected chi connectivity index (χ1v) is 10.5. The molecule has 2 aromatic carbocycles. The second kappa shape index (κ2) is 7.26. The highest BCUT2D eigenvalue weighted by Gasteiger charge is 2.44. The van der Waals surface area contributed by atoms with Crippen LogP contribution >= 0.6 is 0 Å². The van der Waals surface area contributed by atoms with E-state index in [1.54, 1.807) is 20.8 Å². The van der Waals surface area contributed by atoms with Crippen molar-refractivity contribution >= 4 is 27.6 Å². The van der Waals surface area contributed by atoms with E-state index in [0.717, 1.165) is 12.1 Å². The van der Waals surface area contributed by atoms with Crippen molar-refractivity contribution in [1.82, 2.24) is 4.31 Å². The first-order chi connectivity index (χ1) is 14.1. The lowest BCUT2D eigenvalue weighted by atomic mass is 9.95. The van der Waals surface area contributed by atoms with Crippen LogP contribution in [-0.2, 0) is 21.3 Å². The molecule has 1 heterocycles. The lowest BCUT2D eigenvalue weighted by molar-refractivity contribution is -0.0884. The van der Waals surface area contributed by atoms with Crippen LogP contribution in [0, 0.1) is 0 Å². The van der Waals surface area contributed by atoms with Crippen LogP contribution in [0.4, 0.5) is 23.7 Å². The van der Waals surface area contributed by atoms with Gasteiger partial charge in [0.05, 0.1) is 6.54 Å². The van der Waals surface area contributed by atoms with Gasteiger partial charge in [-0.2, -0.15) is 17.5 Å². The van der Waals surface area contributed by atoms with E-state index in [-0.39, 0.29) is 33.8 Å². The number of nitrogen functional groups attached to an aromatic ring is 1. The highest BCUT2D eigenvalue weighted by molar-refractivity contribution is 7.90. The number of nitrogens with zero attached hydrogens (tertiary/aromatic N) is 1. The minimum atomic E-state index is -5.19. The first kappa shape index (κ1) is 22.6. The molecular formula is C20H19F3N2O5S. The largest absolute Gasteiger partial charge is 0.454 e. The Labute approximate surface area is 176 Å². The summed E-state index contributed by atoms with van der Waals surface area (Å²) in [4.78, 5) is 24.1. The third kappa shape index (κ3) is 4.22. The van der Waals surface area contributed by atoms with Gasteiger partial charge in [-0.1, -0.05) is 24.3 Å². The molecule has 11 heteroatoms. The van der Waals surface area contributed by atoms with E-state index in [2.05, 4.69) is 0 Å². The SMILES string of the molecule is CC(C)(C)OC(=O)N1Cc2cccc(-c3ccc(N)cc3C(=O)C(F)(F)F)c2S1(=O)=O. The molecule has 0 bridgehead atoms. The molecule has 3 rings (SSSR count). The maximum Gasteiger partial charge on any atom is 0.454 e. The molecule has 0 aliphatic carbocycles. The number of amides is 1. The molecule has 2 aromatic rings. The van der Waals surface area contributed by atoms with E-state index in [1.807, 2.05) is 0 Å². The summed E-state index contributed by atoms with van der Waals surface area (Å²) in [5, 5.41) is 0. The van der Waals surface area contributed by atoms with Gasteiger partial charge in [-0.15, -0.1) is 0 Å². The lowest BCUT2D eigenvalue weighted by Crippen LogP contribution is -2.37. The molecule has 1 aliphatic rings. The summed E-state index contributed by atoms with van der Waals surface area (Å²) >= 11 is 0. The van der Waals surface area contributed by atoms with Crippen LogP contribution in [0.5, 0.6) is 0 Å². The number of hydrogen-bond donors (Lipinski definition) is 1. The first-order valence-electron chi connectivity index (χ1n) is 9.02. The summed E-state index contributed by atoms with van der Waals surface area (Å²) in [6.07, 6.45) is -6.30. The topological polar surface area (TPSA) is 107 Å². The Morgan fingerprint density at radius 2 is 1.71 bits per heavy atom. The molecule has 0 fully saturated rings. The molecule has 1 aliphatic heterocycles. The quantitative estimate of drug-likeness (QED) is 0.538. The predicted molar refractivity (Wildman–Crippen MR) is 106 cm³/mol. The number of alkyl halides is 3. The summed E-state index contributed by atoms with van der Waals surface area (Å²) in [5.41, 5.74) is 3.50. The third-order valence-electron chi connectivity index (χ3n) is 4.39. The van der Waals surface area contributed by atoms with Gasteiger partial charge in [-0.05, 0) is 44.0 Å². The van der Waals surface area contributed by atoms with E-state index in [4.69, 9.17) is 10.5 Å². The Kier molecular flexibility index (Phi) is 5.29. The Morgan fingerprint density at radius 3 is 2.29 bits per heavy atom. The molecule has 0 radical (unpaired) electrons. The summed E-state index contributed by atoms with van der Waals surface area (Å²) in [5.74, 6) is -2.16. The van der Waals surface area contributed by atoms with Crippen LogP contribution in [0.3, 0.4) is 0 Å². The van der Waals surface area contributed by atoms with Gasteiger partial charge < -0.3 is 10.5 Å².